The van der Waals surface area contributed by atoms with Gasteiger partial charge in [-0.3, -0.25) is 9.59 Å². The number of rotatable bonds is 6. The number of benzene rings is 1. The Morgan fingerprint density at radius 3 is 2.68 bits per heavy atom. The van der Waals surface area contributed by atoms with Crippen LogP contribution in [-0.2, 0) is 4.79 Å². The number of halogens is 2. The molecule has 140 valence electrons. The third-order valence-corrected chi connectivity index (χ3v) is 4.70. The molecule has 2 atom stereocenters. The molecular formula is C18H27Cl2N3O2. The Kier molecular flexibility index (Phi) is 8.69. The summed E-state index contributed by atoms with van der Waals surface area (Å²) >= 11 is 6.17. The van der Waals surface area contributed by atoms with Gasteiger partial charge in [0.2, 0.25) is 5.91 Å². The number of amides is 2. The summed E-state index contributed by atoms with van der Waals surface area (Å²) in [4.78, 5) is 24.4. The van der Waals surface area contributed by atoms with Crippen LogP contribution in [0.3, 0.4) is 0 Å². The van der Waals surface area contributed by atoms with Crippen LogP contribution in [0.4, 0.5) is 5.69 Å². The number of carbonyl (C=O) groups excluding carboxylic acids is 2. The van der Waals surface area contributed by atoms with E-state index in [0.717, 1.165) is 19.3 Å². The van der Waals surface area contributed by atoms with Gasteiger partial charge < -0.3 is 16.4 Å². The van der Waals surface area contributed by atoms with E-state index in [0.29, 0.717) is 35.2 Å². The molecule has 5 nitrogen and oxygen atoms in total. The summed E-state index contributed by atoms with van der Waals surface area (Å²) in [6.07, 6.45) is 3.49. The first kappa shape index (κ1) is 21.7. The molecule has 25 heavy (non-hydrogen) atoms. The van der Waals surface area contributed by atoms with Gasteiger partial charge in [-0.15, -0.1) is 12.4 Å². The lowest BCUT2D eigenvalue weighted by molar-refractivity contribution is -0.116. The van der Waals surface area contributed by atoms with Crippen molar-refractivity contribution in [2.24, 2.45) is 17.6 Å². The van der Waals surface area contributed by atoms with Crippen LogP contribution in [0.15, 0.2) is 18.2 Å². The van der Waals surface area contributed by atoms with E-state index in [9.17, 15) is 9.59 Å². The molecule has 0 radical (unpaired) electrons. The van der Waals surface area contributed by atoms with Gasteiger partial charge in [-0.1, -0.05) is 31.9 Å². The lowest BCUT2D eigenvalue weighted by Gasteiger charge is -2.20. The molecule has 0 heterocycles. The van der Waals surface area contributed by atoms with Crippen LogP contribution in [-0.4, -0.2) is 24.4 Å². The average molecular weight is 388 g/mol. The van der Waals surface area contributed by atoms with E-state index in [4.69, 9.17) is 17.3 Å². The number of carbonyl (C=O) groups is 2. The van der Waals surface area contributed by atoms with Crippen LogP contribution < -0.4 is 16.4 Å². The Labute approximate surface area is 160 Å². The van der Waals surface area contributed by atoms with Gasteiger partial charge in [0.25, 0.3) is 5.91 Å². The molecule has 0 saturated heterocycles. The number of anilines is 1. The van der Waals surface area contributed by atoms with E-state index < -0.39 is 0 Å². The zero-order chi connectivity index (χ0) is 17.7. The van der Waals surface area contributed by atoms with Crippen LogP contribution in [0.5, 0.6) is 0 Å². The zero-order valence-electron chi connectivity index (χ0n) is 14.7. The van der Waals surface area contributed by atoms with E-state index in [2.05, 4.69) is 10.6 Å². The second kappa shape index (κ2) is 10.00. The van der Waals surface area contributed by atoms with Gasteiger partial charge in [-0.05, 0) is 49.4 Å². The van der Waals surface area contributed by atoms with Crippen molar-refractivity contribution in [3.05, 3.63) is 28.8 Å². The zero-order valence-corrected chi connectivity index (χ0v) is 16.3. The molecule has 7 heteroatoms. The van der Waals surface area contributed by atoms with Gasteiger partial charge in [-0.2, -0.15) is 0 Å². The van der Waals surface area contributed by atoms with E-state index in [1.165, 1.54) is 0 Å². The van der Waals surface area contributed by atoms with E-state index >= 15 is 0 Å². The highest BCUT2D eigenvalue weighted by atomic mass is 35.5. The van der Waals surface area contributed by atoms with Gasteiger partial charge in [-0.25, -0.2) is 0 Å². The van der Waals surface area contributed by atoms with Gasteiger partial charge in [0, 0.05) is 18.2 Å². The first-order valence-electron chi connectivity index (χ1n) is 8.51. The minimum Gasteiger partial charge on any atom is -0.349 e. The standard InChI is InChI=1S/C18H26ClN3O2.ClH/c1-11(2)8-17(23)21-13-6-7-15(19)14(9-13)18(24)22-16-5-3-4-12(16)10-20;/h6-7,9,11-12,16H,3-5,8,10,20H2,1-2H3,(H,21,23)(H,22,24);1H. The Morgan fingerprint density at radius 2 is 2.04 bits per heavy atom. The molecule has 2 unspecified atom stereocenters. The molecule has 4 N–H and O–H groups in total. The molecule has 1 saturated carbocycles. The van der Waals surface area contributed by atoms with Gasteiger partial charge >= 0.3 is 0 Å². The summed E-state index contributed by atoms with van der Waals surface area (Å²) in [6, 6.07) is 5.06. The smallest absolute Gasteiger partial charge is 0.253 e. The normalized spacial score (nSPS) is 19.4. The molecule has 1 fully saturated rings. The predicted molar refractivity (Wildman–Crippen MR) is 104 cm³/mol. The highest BCUT2D eigenvalue weighted by Gasteiger charge is 2.28. The fourth-order valence-corrected chi connectivity index (χ4v) is 3.32. The Hall–Kier alpha value is -1.30. The molecule has 0 aliphatic heterocycles. The van der Waals surface area contributed by atoms with Crippen molar-refractivity contribution in [2.75, 3.05) is 11.9 Å². The Bertz CT molecular complexity index is 608. The largest absolute Gasteiger partial charge is 0.349 e. The number of nitrogens with two attached hydrogens (primary N) is 1. The lowest BCUT2D eigenvalue weighted by atomic mass is 10.0. The summed E-state index contributed by atoms with van der Waals surface area (Å²) in [5.41, 5.74) is 6.72. The molecule has 2 amide bonds. The maximum atomic E-state index is 12.5. The molecule has 1 aromatic carbocycles. The molecule has 1 aliphatic carbocycles. The number of hydrogen-bond acceptors (Lipinski definition) is 3. The maximum absolute atomic E-state index is 12.5. The van der Waals surface area contributed by atoms with E-state index in [-0.39, 0.29) is 36.2 Å². The summed E-state index contributed by atoms with van der Waals surface area (Å²) < 4.78 is 0. The van der Waals surface area contributed by atoms with Crippen LogP contribution in [0, 0.1) is 11.8 Å². The third-order valence-electron chi connectivity index (χ3n) is 4.37. The Balaban J connectivity index is 0.00000312. The molecule has 0 spiro atoms. The van der Waals surface area contributed by atoms with Crippen LogP contribution >= 0.6 is 24.0 Å². The fourth-order valence-electron chi connectivity index (χ4n) is 3.11. The SMILES string of the molecule is CC(C)CC(=O)Nc1ccc(Cl)c(C(=O)NC2CCCC2CN)c1.Cl. The van der Waals surface area contributed by atoms with Gasteiger partial charge in [0.15, 0.2) is 0 Å². The highest BCUT2D eigenvalue weighted by Crippen LogP contribution is 2.26. The summed E-state index contributed by atoms with van der Waals surface area (Å²) in [7, 11) is 0. The van der Waals surface area contributed by atoms with Crippen molar-refractivity contribution in [1.82, 2.24) is 5.32 Å². The van der Waals surface area contributed by atoms with Crippen molar-refractivity contribution in [1.29, 1.82) is 0 Å². The van der Waals surface area contributed by atoms with E-state index in [1.54, 1.807) is 18.2 Å². The van der Waals surface area contributed by atoms with Crippen LogP contribution in [0.2, 0.25) is 5.02 Å². The second-order valence-corrected chi connectivity index (χ2v) is 7.25. The molecule has 0 bridgehead atoms. The van der Waals surface area contributed by atoms with Crippen molar-refractivity contribution in [3.8, 4) is 0 Å². The Morgan fingerprint density at radius 1 is 1.32 bits per heavy atom. The predicted octanol–water partition coefficient (Wildman–Crippen LogP) is 3.60. The summed E-state index contributed by atoms with van der Waals surface area (Å²) in [5, 5.41) is 6.22. The summed E-state index contributed by atoms with van der Waals surface area (Å²) in [5.74, 6) is 0.306. The molecule has 1 aliphatic rings. The van der Waals surface area contributed by atoms with Crippen molar-refractivity contribution in [2.45, 2.75) is 45.6 Å². The monoisotopic (exact) mass is 387 g/mol. The topological polar surface area (TPSA) is 84.2 Å². The van der Waals surface area contributed by atoms with Crippen LogP contribution in [0.1, 0.15) is 49.9 Å². The lowest BCUT2D eigenvalue weighted by Crippen LogP contribution is -2.40. The van der Waals surface area contributed by atoms with Crippen molar-refractivity contribution >= 4 is 41.5 Å². The molecular weight excluding hydrogens is 361 g/mol. The minimum absolute atomic E-state index is 0. The van der Waals surface area contributed by atoms with Crippen LogP contribution in [0.25, 0.3) is 0 Å². The van der Waals surface area contributed by atoms with Crippen molar-refractivity contribution < 1.29 is 9.59 Å². The van der Waals surface area contributed by atoms with Gasteiger partial charge in [0.1, 0.15) is 0 Å². The summed E-state index contributed by atoms with van der Waals surface area (Å²) in [6.45, 7) is 4.54. The fraction of sp³-hybridized carbons (Fsp3) is 0.556. The third kappa shape index (κ3) is 6.17. The molecule has 1 aromatic rings. The highest BCUT2D eigenvalue weighted by molar-refractivity contribution is 6.34. The second-order valence-electron chi connectivity index (χ2n) is 6.85. The van der Waals surface area contributed by atoms with E-state index in [1.807, 2.05) is 13.8 Å². The van der Waals surface area contributed by atoms with Crippen molar-refractivity contribution in [3.63, 3.8) is 0 Å². The maximum Gasteiger partial charge on any atom is 0.253 e. The number of nitrogens with one attached hydrogen (secondary N) is 2. The minimum atomic E-state index is -0.217. The molecule has 2 rings (SSSR count). The number of hydrogen-bond donors (Lipinski definition) is 3. The quantitative estimate of drug-likeness (QED) is 0.696. The first-order chi connectivity index (χ1) is 11.4. The first-order valence-corrected chi connectivity index (χ1v) is 8.88. The van der Waals surface area contributed by atoms with Gasteiger partial charge in [0.05, 0.1) is 10.6 Å². The molecule has 0 aromatic heterocycles. The average Bonchev–Trinajstić information content (AvgIpc) is 2.95.